The van der Waals surface area contributed by atoms with Gasteiger partial charge in [-0.2, -0.15) is 4.68 Å². The fraction of sp³-hybridized carbons (Fsp3) is 0.556. The molecule has 92 valence electrons. The van der Waals surface area contributed by atoms with Crippen molar-refractivity contribution >= 4 is 27.7 Å². The first-order valence-electron chi connectivity index (χ1n) is 5.26. The topological polar surface area (TPSA) is 90.1 Å². The van der Waals surface area contributed by atoms with Crippen LogP contribution in [0.2, 0.25) is 0 Å². The Morgan fingerprint density at radius 2 is 2.35 bits per heavy atom. The van der Waals surface area contributed by atoms with Crippen molar-refractivity contribution in [1.29, 1.82) is 0 Å². The van der Waals surface area contributed by atoms with Crippen LogP contribution in [0.1, 0.15) is 25.3 Å². The Hall–Kier alpha value is -1.44. The number of hydrogen-bond donors (Lipinski definition) is 1. The summed E-state index contributed by atoms with van der Waals surface area (Å²) in [5.74, 6) is -0.394. The number of nitrogens with one attached hydrogen (secondary N) is 1. The van der Waals surface area contributed by atoms with Crippen molar-refractivity contribution in [3.8, 4) is 0 Å². The molecule has 1 aliphatic heterocycles. The molecule has 1 unspecified atom stereocenters. The lowest BCUT2D eigenvalue weighted by Gasteiger charge is -2.09. The highest BCUT2D eigenvalue weighted by Gasteiger charge is 2.29. The molecule has 17 heavy (non-hydrogen) atoms. The number of amides is 1. The first-order chi connectivity index (χ1) is 8.09. The second-order valence-electron chi connectivity index (χ2n) is 3.84. The smallest absolute Gasteiger partial charge is 0.358 e. The van der Waals surface area contributed by atoms with Crippen LogP contribution >= 0.6 is 15.9 Å². The van der Waals surface area contributed by atoms with Gasteiger partial charge in [-0.05, 0) is 40.1 Å². The summed E-state index contributed by atoms with van der Waals surface area (Å²) in [6.07, 6.45) is 3.95. The van der Waals surface area contributed by atoms with Gasteiger partial charge < -0.3 is 15.4 Å². The maximum Gasteiger partial charge on any atom is 0.404 e. The number of nitrogens with zero attached hydrogens (tertiary/aromatic N) is 3. The highest BCUT2D eigenvalue weighted by molar-refractivity contribution is 9.10. The van der Waals surface area contributed by atoms with Crippen LogP contribution in [-0.2, 0) is 4.79 Å². The first kappa shape index (κ1) is 12.0. The van der Waals surface area contributed by atoms with Gasteiger partial charge in [0.1, 0.15) is 4.47 Å². The summed E-state index contributed by atoms with van der Waals surface area (Å²) in [4.78, 5) is 21.8. The number of aromatic nitrogens is 2. The van der Waals surface area contributed by atoms with E-state index in [1.54, 1.807) is 0 Å². The van der Waals surface area contributed by atoms with E-state index in [2.05, 4.69) is 26.3 Å². The SMILES string of the molecule is O=C1NCCCCC1n1cc(Br)c([N+](=O)[O-])n1. The molecule has 1 aromatic rings. The van der Waals surface area contributed by atoms with E-state index in [1.807, 2.05) is 0 Å². The maximum atomic E-state index is 11.7. The molecule has 2 heterocycles. The van der Waals surface area contributed by atoms with Crippen molar-refractivity contribution in [2.75, 3.05) is 6.54 Å². The molecule has 0 bridgehead atoms. The summed E-state index contributed by atoms with van der Waals surface area (Å²) >= 11 is 3.07. The van der Waals surface area contributed by atoms with E-state index >= 15 is 0 Å². The van der Waals surface area contributed by atoms with E-state index in [9.17, 15) is 14.9 Å². The minimum atomic E-state index is -0.574. The second kappa shape index (κ2) is 4.82. The molecule has 0 spiro atoms. The summed E-state index contributed by atoms with van der Waals surface area (Å²) in [6, 6.07) is -0.456. The van der Waals surface area contributed by atoms with Crippen molar-refractivity contribution < 1.29 is 9.72 Å². The molecule has 0 aromatic carbocycles. The number of halogens is 1. The molecular weight excluding hydrogens is 292 g/mol. The van der Waals surface area contributed by atoms with Crippen LogP contribution < -0.4 is 5.32 Å². The number of carbonyl (C=O) groups excluding carboxylic acids is 1. The lowest BCUT2D eigenvalue weighted by molar-refractivity contribution is -0.390. The Morgan fingerprint density at radius 1 is 1.59 bits per heavy atom. The largest absolute Gasteiger partial charge is 0.404 e. The normalized spacial score (nSPS) is 20.8. The standard InChI is InChI=1S/C9H11BrN4O3/c10-6-5-13(12-8(6)14(16)17)7-3-1-2-4-11-9(7)15/h5,7H,1-4H2,(H,11,15). The molecule has 2 rings (SSSR count). The van der Waals surface area contributed by atoms with Gasteiger partial charge in [-0.1, -0.05) is 0 Å². The van der Waals surface area contributed by atoms with Crippen LogP contribution in [0.4, 0.5) is 5.82 Å². The van der Waals surface area contributed by atoms with Crippen LogP contribution in [-0.4, -0.2) is 27.2 Å². The summed E-state index contributed by atoms with van der Waals surface area (Å²) < 4.78 is 1.66. The Morgan fingerprint density at radius 3 is 3.00 bits per heavy atom. The first-order valence-corrected chi connectivity index (χ1v) is 6.05. The highest BCUT2D eigenvalue weighted by Crippen LogP contribution is 2.26. The lowest BCUT2D eigenvalue weighted by Crippen LogP contribution is -2.31. The third-order valence-electron chi connectivity index (χ3n) is 2.67. The van der Waals surface area contributed by atoms with Crippen molar-refractivity contribution in [3.63, 3.8) is 0 Å². The molecule has 8 heteroatoms. The molecule has 1 amide bonds. The van der Waals surface area contributed by atoms with E-state index in [-0.39, 0.29) is 11.7 Å². The van der Waals surface area contributed by atoms with Crippen LogP contribution in [0, 0.1) is 10.1 Å². The Kier molecular flexibility index (Phi) is 3.41. The molecule has 1 aromatic heterocycles. The fourth-order valence-corrected chi connectivity index (χ4v) is 2.25. The minimum Gasteiger partial charge on any atom is -0.358 e. The predicted molar refractivity (Wildman–Crippen MR) is 62.5 cm³/mol. The highest BCUT2D eigenvalue weighted by atomic mass is 79.9. The van der Waals surface area contributed by atoms with Gasteiger partial charge in [-0.3, -0.25) is 4.79 Å². The van der Waals surface area contributed by atoms with Gasteiger partial charge in [0.05, 0.1) is 11.3 Å². The van der Waals surface area contributed by atoms with E-state index in [0.717, 1.165) is 12.8 Å². The summed E-state index contributed by atoms with van der Waals surface area (Å²) in [6.45, 7) is 0.653. The fourth-order valence-electron chi connectivity index (χ4n) is 1.82. The van der Waals surface area contributed by atoms with Crippen molar-refractivity contribution in [1.82, 2.24) is 15.1 Å². The Bertz CT molecular complexity index is 459. The molecule has 0 radical (unpaired) electrons. The molecule has 1 N–H and O–H groups in total. The van der Waals surface area contributed by atoms with E-state index in [4.69, 9.17) is 0 Å². The van der Waals surface area contributed by atoms with Gasteiger partial charge in [0.25, 0.3) is 0 Å². The molecule has 0 saturated carbocycles. The van der Waals surface area contributed by atoms with Crippen LogP contribution in [0.25, 0.3) is 0 Å². The lowest BCUT2D eigenvalue weighted by atomic mass is 10.1. The number of nitro groups is 1. The molecule has 1 aliphatic rings. The van der Waals surface area contributed by atoms with E-state index in [0.29, 0.717) is 17.4 Å². The van der Waals surface area contributed by atoms with Crippen molar-refractivity contribution in [3.05, 3.63) is 20.8 Å². The van der Waals surface area contributed by atoms with Crippen LogP contribution in [0.5, 0.6) is 0 Å². The average Bonchev–Trinajstić information content (AvgIpc) is 2.51. The summed E-state index contributed by atoms with van der Waals surface area (Å²) in [5, 5.41) is 17.3. The maximum absolute atomic E-state index is 11.7. The molecule has 1 fully saturated rings. The number of rotatable bonds is 2. The number of carbonyl (C=O) groups is 1. The van der Waals surface area contributed by atoms with Crippen molar-refractivity contribution in [2.24, 2.45) is 0 Å². The Labute approximate surface area is 105 Å². The third kappa shape index (κ3) is 2.46. The average molecular weight is 303 g/mol. The van der Waals surface area contributed by atoms with Gasteiger partial charge in [-0.15, -0.1) is 0 Å². The molecule has 1 saturated heterocycles. The van der Waals surface area contributed by atoms with Gasteiger partial charge in [0.2, 0.25) is 5.91 Å². The second-order valence-corrected chi connectivity index (χ2v) is 4.69. The molecular formula is C9H11BrN4O3. The third-order valence-corrected chi connectivity index (χ3v) is 3.23. The van der Waals surface area contributed by atoms with Gasteiger partial charge in [-0.25, -0.2) is 0 Å². The predicted octanol–water partition coefficient (Wildman–Crippen LogP) is 1.40. The monoisotopic (exact) mass is 302 g/mol. The zero-order valence-corrected chi connectivity index (χ0v) is 10.5. The van der Waals surface area contributed by atoms with Crippen molar-refractivity contribution in [2.45, 2.75) is 25.3 Å². The summed E-state index contributed by atoms with van der Waals surface area (Å²) in [7, 11) is 0. The quantitative estimate of drug-likeness (QED) is 0.660. The number of hydrogen-bond acceptors (Lipinski definition) is 4. The van der Waals surface area contributed by atoms with Gasteiger partial charge in [0.15, 0.2) is 6.04 Å². The van der Waals surface area contributed by atoms with E-state index < -0.39 is 11.0 Å². The van der Waals surface area contributed by atoms with Gasteiger partial charge >= 0.3 is 5.82 Å². The summed E-state index contributed by atoms with van der Waals surface area (Å²) in [5.41, 5.74) is 0. The van der Waals surface area contributed by atoms with Crippen LogP contribution in [0.3, 0.4) is 0 Å². The molecule has 1 atom stereocenters. The Balaban J connectivity index is 2.29. The van der Waals surface area contributed by atoms with Gasteiger partial charge in [0, 0.05) is 6.54 Å². The molecule has 7 nitrogen and oxygen atoms in total. The van der Waals surface area contributed by atoms with E-state index in [1.165, 1.54) is 10.9 Å². The zero-order valence-electron chi connectivity index (χ0n) is 8.93. The molecule has 0 aliphatic carbocycles. The minimum absolute atomic E-state index is 0.132. The zero-order chi connectivity index (χ0) is 12.4. The van der Waals surface area contributed by atoms with Crippen LogP contribution in [0.15, 0.2) is 10.7 Å².